The number of piperazine rings is 1. The van der Waals surface area contributed by atoms with Crippen LogP contribution >= 0.6 is 0 Å². The van der Waals surface area contributed by atoms with Gasteiger partial charge < -0.3 is 20.0 Å². The highest BCUT2D eigenvalue weighted by Crippen LogP contribution is 2.43. The van der Waals surface area contributed by atoms with Gasteiger partial charge in [0.15, 0.2) is 0 Å². The maximum Gasteiger partial charge on any atom is 0.300 e. The number of hydrogen-bond acceptors (Lipinski definition) is 6. The third-order valence-electron chi connectivity index (χ3n) is 8.27. The molecule has 2 fully saturated rings. The van der Waals surface area contributed by atoms with Crippen molar-refractivity contribution >= 4 is 28.8 Å². The number of phenols is 1. The first-order valence-corrected chi connectivity index (χ1v) is 13.7. The largest absolute Gasteiger partial charge is 0.508 e. The summed E-state index contributed by atoms with van der Waals surface area (Å²) in [5.74, 6) is -1.48. The molecular formula is C32H33N3O4. The number of hydrogen-bond donors (Lipinski definition) is 2. The molecule has 1 aliphatic carbocycles. The predicted molar refractivity (Wildman–Crippen MR) is 152 cm³/mol. The number of benzene rings is 3. The van der Waals surface area contributed by atoms with Crippen molar-refractivity contribution in [1.29, 1.82) is 0 Å². The van der Waals surface area contributed by atoms with Crippen molar-refractivity contribution in [2.24, 2.45) is 0 Å². The number of aryl methyl sites for hydroxylation is 2. The Bertz CT molecular complexity index is 1440. The highest BCUT2D eigenvalue weighted by molar-refractivity contribution is 6.51. The van der Waals surface area contributed by atoms with Gasteiger partial charge in [-0.2, -0.15) is 0 Å². The van der Waals surface area contributed by atoms with Crippen LogP contribution in [0, 0.1) is 0 Å². The van der Waals surface area contributed by atoms with E-state index in [9.17, 15) is 19.8 Å². The molecule has 2 N–H and O–H groups in total. The van der Waals surface area contributed by atoms with Gasteiger partial charge in [-0.1, -0.05) is 24.3 Å². The summed E-state index contributed by atoms with van der Waals surface area (Å²) in [7, 11) is 2.12. The number of anilines is 2. The van der Waals surface area contributed by atoms with Gasteiger partial charge in [-0.15, -0.1) is 0 Å². The van der Waals surface area contributed by atoms with E-state index in [1.165, 1.54) is 28.2 Å². The highest BCUT2D eigenvalue weighted by atomic mass is 16.3. The van der Waals surface area contributed by atoms with E-state index in [-0.39, 0.29) is 17.1 Å². The van der Waals surface area contributed by atoms with Gasteiger partial charge in [-0.3, -0.25) is 14.5 Å². The SMILES string of the molecule is CN1CCN(c2ccc(N3C(=O)C(=O)/C(=C(\O)c4ccc5c(c4)CCCC5)C3c3ccc(O)cc3)cc2)CC1. The van der Waals surface area contributed by atoms with Crippen molar-refractivity contribution in [2.45, 2.75) is 31.7 Å². The zero-order valence-electron chi connectivity index (χ0n) is 22.1. The summed E-state index contributed by atoms with van der Waals surface area (Å²) in [6, 6.07) is 19.1. The highest BCUT2D eigenvalue weighted by Gasteiger charge is 2.47. The third-order valence-corrected chi connectivity index (χ3v) is 8.27. The van der Waals surface area contributed by atoms with Crippen LogP contribution in [0.1, 0.15) is 41.1 Å². The second kappa shape index (κ2) is 10.2. The fourth-order valence-electron chi connectivity index (χ4n) is 6.00. The number of carbonyl (C=O) groups is 2. The Balaban J connectivity index is 1.41. The number of Topliss-reactive ketones (excluding diaryl/α,β-unsaturated/α-hetero) is 1. The first kappa shape index (κ1) is 25.2. The number of ketones is 1. The Morgan fingerprint density at radius 2 is 1.44 bits per heavy atom. The molecule has 6 rings (SSSR count). The number of carbonyl (C=O) groups excluding carboxylic acids is 2. The number of phenolic OH excluding ortho intramolecular Hbond substituents is 1. The summed E-state index contributed by atoms with van der Waals surface area (Å²) in [6.07, 6.45) is 4.20. The van der Waals surface area contributed by atoms with E-state index in [0.717, 1.165) is 57.5 Å². The van der Waals surface area contributed by atoms with Gasteiger partial charge in [0.1, 0.15) is 11.5 Å². The molecule has 0 spiro atoms. The Kier molecular flexibility index (Phi) is 6.61. The smallest absolute Gasteiger partial charge is 0.300 e. The summed E-state index contributed by atoms with van der Waals surface area (Å²) in [6.45, 7) is 3.82. The Morgan fingerprint density at radius 3 is 2.13 bits per heavy atom. The molecule has 0 aromatic heterocycles. The molecule has 3 aromatic rings. The maximum atomic E-state index is 13.5. The van der Waals surface area contributed by atoms with Gasteiger partial charge >= 0.3 is 0 Å². The first-order chi connectivity index (χ1) is 18.9. The molecule has 2 heterocycles. The monoisotopic (exact) mass is 523 g/mol. The molecule has 0 bridgehead atoms. The molecule has 0 radical (unpaired) electrons. The minimum Gasteiger partial charge on any atom is -0.508 e. The lowest BCUT2D eigenvalue weighted by atomic mass is 9.88. The molecule has 1 unspecified atom stereocenters. The number of likely N-dealkylation sites (N-methyl/N-ethyl adjacent to an activating group) is 1. The zero-order valence-corrected chi connectivity index (χ0v) is 22.1. The first-order valence-electron chi connectivity index (χ1n) is 13.7. The van der Waals surface area contributed by atoms with Crippen LogP contribution in [0.5, 0.6) is 5.75 Å². The molecule has 39 heavy (non-hydrogen) atoms. The van der Waals surface area contributed by atoms with Crippen LogP contribution in [-0.4, -0.2) is 60.0 Å². The topological polar surface area (TPSA) is 84.3 Å². The molecule has 0 saturated carbocycles. The van der Waals surface area contributed by atoms with E-state index >= 15 is 0 Å². The molecular weight excluding hydrogens is 490 g/mol. The maximum absolute atomic E-state index is 13.5. The van der Waals surface area contributed by atoms with Crippen molar-refractivity contribution in [3.63, 3.8) is 0 Å². The summed E-state index contributed by atoms with van der Waals surface area (Å²) in [5.41, 5.74) is 5.34. The van der Waals surface area contributed by atoms with Gasteiger partial charge in [0, 0.05) is 43.1 Å². The van der Waals surface area contributed by atoms with Gasteiger partial charge in [-0.25, -0.2) is 0 Å². The van der Waals surface area contributed by atoms with E-state index < -0.39 is 17.7 Å². The summed E-state index contributed by atoms with van der Waals surface area (Å²) >= 11 is 0. The molecule has 2 saturated heterocycles. The van der Waals surface area contributed by atoms with Gasteiger partial charge in [0.05, 0.1) is 11.6 Å². The number of fused-ring (bicyclic) bond motifs is 1. The lowest BCUT2D eigenvalue weighted by Crippen LogP contribution is -2.44. The minimum atomic E-state index is -0.823. The third kappa shape index (κ3) is 4.68. The molecule has 3 aliphatic rings. The Morgan fingerprint density at radius 1 is 0.795 bits per heavy atom. The Hall–Kier alpha value is -4.10. The standard InChI is InChI=1S/C32H33N3O4/c1-33-16-18-34(19-17-33)25-10-12-26(13-11-25)35-29(22-8-14-27(36)15-9-22)28(31(38)32(35)39)30(37)24-7-6-21-4-2-3-5-23(21)20-24/h6-15,20,29,36-37H,2-5,16-19H2,1H3/b30-28-. The lowest BCUT2D eigenvalue weighted by molar-refractivity contribution is -0.132. The normalized spacial score (nSPS) is 21.3. The van der Waals surface area contributed by atoms with Crippen molar-refractivity contribution in [1.82, 2.24) is 4.90 Å². The molecule has 2 aliphatic heterocycles. The average Bonchev–Trinajstić information content (AvgIpc) is 3.23. The number of amides is 1. The van der Waals surface area contributed by atoms with E-state index in [4.69, 9.17) is 0 Å². The molecule has 7 nitrogen and oxygen atoms in total. The van der Waals surface area contributed by atoms with Crippen LogP contribution in [0.15, 0.2) is 72.3 Å². The average molecular weight is 524 g/mol. The van der Waals surface area contributed by atoms with Crippen molar-refractivity contribution in [2.75, 3.05) is 43.0 Å². The van der Waals surface area contributed by atoms with Crippen LogP contribution in [0.4, 0.5) is 11.4 Å². The van der Waals surface area contributed by atoms with E-state index in [0.29, 0.717) is 16.8 Å². The minimum absolute atomic E-state index is 0.0598. The lowest BCUT2D eigenvalue weighted by Gasteiger charge is -2.34. The summed E-state index contributed by atoms with van der Waals surface area (Å²) in [5, 5.41) is 21.4. The number of aliphatic hydroxyl groups excluding tert-OH is 1. The fraction of sp³-hybridized carbons (Fsp3) is 0.312. The van der Waals surface area contributed by atoms with Gasteiger partial charge in [-0.05, 0) is 91.9 Å². The van der Waals surface area contributed by atoms with Crippen LogP contribution in [0.3, 0.4) is 0 Å². The predicted octanol–water partition coefficient (Wildman–Crippen LogP) is 4.65. The van der Waals surface area contributed by atoms with Crippen LogP contribution in [-0.2, 0) is 22.4 Å². The molecule has 3 aromatic carbocycles. The van der Waals surface area contributed by atoms with Crippen LogP contribution in [0.25, 0.3) is 5.76 Å². The number of aliphatic hydroxyl groups is 1. The fourth-order valence-corrected chi connectivity index (χ4v) is 6.00. The van der Waals surface area contributed by atoms with Crippen molar-refractivity contribution < 1.29 is 19.8 Å². The van der Waals surface area contributed by atoms with Gasteiger partial charge in [0.2, 0.25) is 0 Å². The quantitative estimate of drug-likeness (QED) is 0.294. The van der Waals surface area contributed by atoms with Crippen molar-refractivity contribution in [3.8, 4) is 5.75 Å². The molecule has 7 heteroatoms. The second-order valence-corrected chi connectivity index (χ2v) is 10.8. The van der Waals surface area contributed by atoms with Crippen LogP contribution in [0.2, 0.25) is 0 Å². The molecule has 200 valence electrons. The number of aromatic hydroxyl groups is 1. The Labute approximate surface area is 228 Å². The molecule has 1 amide bonds. The number of rotatable bonds is 4. The van der Waals surface area contributed by atoms with E-state index in [1.807, 2.05) is 42.5 Å². The summed E-state index contributed by atoms with van der Waals surface area (Å²) < 4.78 is 0. The summed E-state index contributed by atoms with van der Waals surface area (Å²) in [4.78, 5) is 33.1. The van der Waals surface area contributed by atoms with Crippen LogP contribution < -0.4 is 9.80 Å². The number of nitrogens with zero attached hydrogens (tertiary/aromatic N) is 3. The van der Waals surface area contributed by atoms with Crippen molar-refractivity contribution in [3.05, 3.63) is 94.6 Å². The molecule has 1 atom stereocenters. The van der Waals surface area contributed by atoms with Gasteiger partial charge in [0.25, 0.3) is 11.7 Å². The van der Waals surface area contributed by atoms with E-state index in [1.54, 1.807) is 12.1 Å². The zero-order chi connectivity index (χ0) is 27.1. The van der Waals surface area contributed by atoms with E-state index in [2.05, 4.69) is 16.8 Å². The second-order valence-electron chi connectivity index (χ2n) is 10.8.